The van der Waals surface area contributed by atoms with Gasteiger partial charge in [0.2, 0.25) is 0 Å². The van der Waals surface area contributed by atoms with Gasteiger partial charge in [-0.1, -0.05) is 18.2 Å². The highest BCUT2D eigenvalue weighted by Gasteiger charge is 2.31. The third kappa shape index (κ3) is 3.78. The van der Waals surface area contributed by atoms with Gasteiger partial charge in [0.25, 0.3) is 0 Å². The molecule has 3 aromatic rings. The summed E-state index contributed by atoms with van der Waals surface area (Å²) in [4.78, 5) is 12.7. The molecule has 4 rings (SSSR count). The second-order valence-corrected chi connectivity index (χ2v) is 7.92. The molecule has 0 fully saturated rings. The monoisotopic (exact) mass is 420 g/mol. The zero-order valence-electron chi connectivity index (χ0n) is 18.7. The van der Waals surface area contributed by atoms with Gasteiger partial charge in [0.15, 0.2) is 17.2 Å². The van der Waals surface area contributed by atoms with Gasteiger partial charge in [0.05, 0.1) is 31.2 Å². The largest absolute Gasteiger partial charge is 0.493 e. The molecule has 0 amide bonds. The smallest absolute Gasteiger partial charge is 0.359 e. The lowest BCUT2D eigenvalue weighted by Crippen LogP contribution is -2.12. The molecular formula is C25H28N2O4. The predicted octanol–water partition coefficient (Wildman–Crippen LogP) is 4.92. The van der Waals surface area contributed by atoms with E-state index in [0.717, 1.165) is 40.1 Å². The van der Waals surface area contributed by atoms with Crippen LogP contribution in [0, 0.1) is 6.92 Å². The number of hydrogen-bond donors (Lipinski definition) is 0. The molecule has 0 saturated heterocycles. The highest BCUT2D eigenvalue weighted by atomic mass is 16.5. The number of aryl methyl sites for hydroxylation is 2. The van der Waals surface area contributed by atoms with E-state index in [-0.39, 0.29) is 12.1 Å². The number of carbonyl (C=O) groups is 1. The third-order valence-corrected chi connectivity index (χ3v) is 5.45. The highest BCUT2D eigenvalue weighted by molar-refractivity contribution is 5.92. The molecule has 1 heterocycles. The van der Waals surface area contributed by atoms with E-state index < -0.39 is 0 Å². The van der Waals surface area contributed by atoms with Crippen LogP contribution in [-0.4, -0.2) is 35.6 Å². The van der Waals surface area contributed by atoms with Gasteiger partial charge in [0, 0.05) is 11.1 Å². The van der Waals surface area contributed by atoms with Crippen LogP contribution >= 0.6 is 0 Å². The summed E-state index contributed by atoms with van der Waals surface area (Å²) >= 11 is 0. The zero-order valence-corrected chi connectivity index (χ0v) is 18.7. The van der Waals surface area contributed by atoms with Gasteiger partial charge in [-0.3, -0.25) is 0 Å². The van der Waals surface area contributed by atoms with Crippen molar-refractivity contribution in [3.8, 4) is 28.4 Å². The van der Waals surface area contributed by atoms with Gasteiger partial charge >= 0.3 is 5.97 Å². The van der Waals surface area contributed by atoms with Crippen LogP contribution in [0.3, 0.4) is 0 Å². The molecular weight excluding hydrogens is 392 g/mol. The fraction of sp³-hybridized carbons (Fsp3) is 0.360. The van der Waals surface area contributed by atoms with Crippen molar-refractivity contribution in [1.29, 1.82) is 0 Å². The summed E-state index contributed by atoms with van der Waals surface area (Å²) in [5.74, 6) is 1.00. The number of ether oxygens (including phenoxy) is 3. The van der Waals surface area contributed by atoms with Crippen LogP contribution in [0.1, 0.15) is 48.0 Å². The second kappa shape index (κ2) is 8.46. The molecule has 0 bridgehead atoms. The lowest BCUT2D eigenvalue weighted by molar-refractivity contribution is 0.0517. The van der Waals surface area contributed by atoms with Crippen molar-refractivity contribution in [3.05, 3.63) is 58.8 Å². The summed E-state index contributed by atoms with van der Waals surface area (Å²) in [7, 11) is 1.65. The normalized spacial score (nSPS) is 12.3. The van der Waals surface area contributed by atoms with E-state index in [1.54, 1.807) is 14.0 Å². The Balaban J connectivity index is 1.98. The number of esters is 1. The molecule has 2 aromatic carbocycles. The van der Waals surface area contributed by atoms with E-state index in [2.05, 4.69) is 0 Å². The first-order valence-corrected chi connectivity index (χ1v) is 10.7. The Morgan fingerprint density at radius 3 is 2.61 bits per heavy atom. The van der Waals surface area contributed by atoms with Crippen LogP contribution in [0.15, 0.2) is 36.4 Å². The average Bonchev–Trinajstić information content (AvgIpc) is 3.13. The Kier molecular flexibility index (Phi) is 5.72. The van der Waals surface area contributed by atoms with Gasteiger partial charge < -0.3 is 14.2 Å². The van der Waals surface area contributed by atoms with Crippen molar-refractivity contribution in [2.24, 2.45) is 0 Å². The maximum absolute atomic E-state index is 12.7. The maximum atomic E-state index is 12.7. The van der Waals surface area contributed by atoms with Gasteiger partial charge in [0.1, 0.15) is 0 Å². The molecule has 1 aromatic heterocycles. The van der Waals surface area contributed by atoms with Crippen molar-refractivity contribution < 1.29 is 19.0 Å². The molecule has 1 aliphatic rings. The van der Waals surface area contributed by atoms with Crippen molar-refractivity contribution in [3.63, 3.8) is 0 Å². The fourth-order valence-electron chi connectivity index (χ4n) is 4.10. The lowest BCUT2D eigenvalue weighted by atomic mass is 9.88. The molecule has 31 heavy (non-hydrogen) atoms. The molecule has 0 spiro atoms. The Bertz CT molecular complexity index is 1130. The molecule has 0 saturated carbocycles. The predicted molar refractivity (Wildman–Crippen MR) is 119 cm³/mol. The topological polar surface area (TPSA) is 62.6 Å². The minimum Gasteiger partial charge on any atom is -0.493 e. The van der Waals surface area contributed by atoms with Crippen LogP contribution in [0.2, 0.25) is 0 Å². The van der Waals surface area contributed by atoms with Crippen molar-refractivity contribution in [1.82, 2.24) is 9.78 Å². The number of carbonyl (C=O) groups excluding carboxylic acids is 1. The van der Waals surface area contributed by atoms with Crippen LogP contribution in [0.25, 0.3) is 16.9 Å². The van der Waals surface area contributed by atoms with Crippen molar-refractivity contribution in [2.45, 2.75) is 46.6 Å². The number of fused-ring (bicyclic) bond motifs is 3. The molecule has 0 N–H and O–H groups in total. The van der Waals surface area contributed by atoms with Gasteiger partial charge in [-0.25, -0.2) is 9.48 Å². The summed E-state index contributed by atoms with van der Waals surface area (Å²) < 4.78 is 18.8. The second-order valence-electron chi connectivity index (χ2n) is 7.92. The molecule has 1 aliphatic carbocycles. The lowest BCUT2D eigenvalue weighted by Gasteiger charge is -2.22. The Hall–Kier alpha value is -3.28. The highest BCUT2D eigenvalue weighted by Crippen LogP contribution is 2.43. The molecule has 6 heteroatoms. The first-order chi connectivity index (χ1) is 14.9. The molecule has 0 unspecified atom stereocenters. The van der Waals surface area contributed by atoms with E-state index in [0.29, 0.717) is 30.2 Å². The number of benzene rings is 2. The van der Waals surface area contributed by atoms with Crippen molar-refractivity contribution in [2.75, 3.05) is 13.7 Å². The third-order valence-electron chi connectivity index (χ3n) is 5.45. The summed E-state index contributed by atoms with van der Waals surface area (Å²) in [6.45, 7) is 8.13. The van der Waals surface area contributed by atoms with Gasteiger partial charge in [-0.2, -0.15) is 5.10 Å². The SMILES string of the molecule is CCOC(=O)c1nn(-c2ccccc2C)c2c1CCc1cc(OC)c(OC(C)C)cc1-2. The quantitative estimate of drug-likeness (QED) is 0.530. The number of hydrogen-bond acceptors (Lipinski definition) is 5. The van der Waals surface area contributed by atoms with E-state index in [1.807, 2.05) is 61.9 Å². The van der Waals surface area contributed by atoms with Crippen LogP contribution in [0.5, 0.6) is 11.5 Å². The van der Waals surface area contributed by atoms with Gasteiger partial charge in [-0.15, -0.1) is 0 Å². The summed E-state index contributed by atoms with van der Waals surface area (Å²) in [5.41, 5.74) is 6.36. The van der Waals surface area contributed by atoms with Crippen LogP contribution in [0.4, 0.5) is 0 Å². The fourth-order valence-corrected chi connectivity index (χ4v) is 4.10. The standard InChI is InChI=1S/C25H28N2O4/c1-6-30-25(28)23-18-12-11-17-13-21(29-5)22(31-15(2)3)14-19(17)24(18)27(26-23)20-10-8-7-9-16(20)4/h7-10,13-15H,6,11-12H2,1-5H3. The first-order valence-electron chi connectivity index (χ1n) is 10.7. The molecule has 0 radical (unpaired) electrons. The molecule has 0 aliphatic heterocycles. The average molecular weight is 421 g/mol. The number of nitrogens with zero attached hydrogens (tertiary/aromatic N) is 2. The Morgan fingerprint density at radius 2 is 1.94 bits per heavy atom. The number of aromatic nitrogens is 2. The minimum absolute atomic E-state index is 0.00591. The van der Waals surface area contributed by atoms with E-state index >= 15 is 0 Å². The van der Waals surface area contributed by atoms with E-state index in [1.165, 1.54) is 0 Å². The van der Waals surface area contributed by atoms with Crippen molar-refractivity contribution >= 4 is 5.97 Å². The first kappa shape index (κ1) is 21.0. The van der Waals surface area contributed by atoms with E-state index in [4.69, 9.17) is 19.3 Å². The van der Waals surface area contributed by atoms with Crippen LogP contribution < -0.4 is 9.47 Å². The Labute approximate surface area is 182 Å². The molecule has 6 nitrogen and oxygen atoms in total. The Morgan fingerprint density at radius 1 is 1.16 bits per heavy atom. The number of methoxy groups -OCH3 is 1. The molecule has 0 atom stereocenters. The van der Waals surface area contributed by atoms with E-state index in [9.17, 15) is 4.79 Å². The minimum atomic E-state index is -0.387. The summed E-state index contributed by atoms with van der Waals surface area (Å²) in [6.07, 6.45) is 1.49. The van der Waals surface area contributed by atoms with Gasteiger partial charge in [-0.05, 0) is 69.9 Å². The van der Waals surface area contributed by atoms with Crippen LogP contribution in [-0.2, 0) is 17.6 Å². The summed E-state index contributed by atoms with van der Waals surface area (Å²) in [6, 6.07) is 12.1. The zero-order chi connectivity index (χ0) is 22.1. The number of para-hydroxylation sites is 1. The molecule has 162 valence electrons. The summed E-state index contributed by atoms with van der Waals surface area (Å²) in [5, 5.41) is 4.74. The maximum Gasteiger partial charge on any atom is 0.359 e. The number of rotatable bonds is 6.